The van der Waals surface area contributed by atoms with E-state index in [9.17, 15) is 9.59 Å². The van der Waals surface area contributed by atoms with Crippen LogP contribution in [0.5, 0.6) is 0 Å². The van der Waals surface area contributed by atoms with Gasteiger partial charge >= 0.3 is 0 Å². The fourth-order valence-corrected chi connectivity index (χ4v) is 5.18. The zero-order chi connectivity index (χ0) is 18.7. The molecule has 6 nitrogen and oxygen atoms in total. The van der Waals surface area contributed by atoms with Crippen molar-refractivity contribution in [2.45, 2.75) is 70.0 Å². The highest BCUT2D eigenvalue weighted by molar-refractivity contribution is 7.99. The van der Waals surface area contributed by atoms with E-state index in [4.69, 9.17) is 10.7 Å². The zero-order valence-electron chi connectivity index (χ0n) is 15.9. The maximum atomic E-state index is 12.6. The van der Waals surface area contributed by atoms with Gasteiger partial charge in [0.25, 0.3) is 0 Å². The van der Waals surface area contributed by atoms with Crippen LogP contribution in [0.3, 0.4) is 0 Å². The molecule has 2 N–H and O–H groups in total. The lowest BCUT2D eigenvalue weighted by Gasteiger charge is -2.31. The number of carbonyl (C=O) groups is 2. The quantitative estimate of drug-likeness (QED) is 0.799. The maximum Gasteiger partial charge on any atom is 0.233 e. The first-order valence-electron chi connectivity index (χ1n) is 9.72. The molecule has 3 rings (SSSR count). The van der Waals surface area contributed by atoms with Gasteiger partial charge in [-0.25, -0.2) is 4.98 Å². The standard InChI is InChI=1S/C19H30N4O2S/c1-13-14(2)23(16-8-4-3-5-9-16)19(21-13)26-12-17(24)22-10-6-7-15(11-22)18(20)25/h15-16H,3-12H2,1-2H3,(H2,20,25). The first-order chi connectivity index (χ1) is 12.5. The van der Waals surface area contributed by atoms with E-state index in [0.717, 1.165) is 30.2 Å². The Morgan fingerprint density at radius 1 is 1.15 bits per heavy atom. The third kappa shape index (κ3) is 4.24. The molecule has 1 aliphatic carbocycles. The van der Waals surface area contributed by atoms with Crippen molar-refractivity contribution in [3.05, 3.63) is 11.4 Å². The van der Waals surface area contributed by atoms with Crippen LogP contribution in [0.15, 0.2) is 5.16 Å². The van der Waals surface area contributed by atoms with Crippen molar-refractivity contribution in [1.82, 2.24) is 14.5 Å². The molecular formula is C19H30N4O2S. The van der Waals surface area contributed by atoms with E-state index >= 15 is 0 Å². The molecule has 2 heterocycles. The Hall–Kier alpha value is -1.50. The lowest BCUT2D eigenvalue weighted by molar-refractivity contribution is -0.132. The predicted molar refractivity (Wildman–Crippen MR) is 103 cm³/mol. The van der Waals surface area contributed by atoms with Crippen molar-refractivity contribution >= 4 is 23.6 Å². The van der Waals surface area contributed by atoms with E-state index in [1.807, 2.05) is 6.92 Å². The van der Waals surface area contributed by atoms with Gasteiger partial charge in [0, 0.05) is 24.8 Å². The highest BCUT2D eigenvalue weighted by Gasteiger charge is 2.28. The lowest BCUT2D eigenvalue weighted by Crippen LogP contribution is -2.44. The molecule has 0 radical (unpaired) electrons. The van der Waals surface area contributed by atoms with E-state index in [-0.39, 0.29) is 17.7 Å². The van der Waals surface area contributed by atoms with Gasteiger partial charge in [-0.3, -0.25) is 9.59 Å². The van der Waals surface area contributed by atoms with Crippen LogP contribution in [0.4, 0.5) is 0 Å². The summed E-state index contributed by atoms with van der Waals surface area (Å²) in [5.41, 5.74) is 7.69. The molecule has 26 heavy (non-hydrogen) atoms. The number of aryl methyl sites for hydroxylation is 1. The number of rotatable bonds is 5. The molecular weight excluding hydrogens is 348 g/mol. The number of primary amides is 1. The fraction of sp³-hybridized carbons (Fsp3) is 0.737. The van der Waals surface area contributed by atoms with Crippen molar-refractivity contribution in [2.75, 3.05) is 18.8 Å². The summed E-state index contributed by atoms with van der Waals surface area (Å²) in [7, 11) is 0. The van der Waals surface area contributed by atoms with E-state index in [2.05, 4.69) is 11.5 Å². The number of nitrogens with two attached hydrogens (primary N) is 1. The minimum atomic E-state index is -0.297. The number of amides is 2. The van der Waals surface area contributed by atoms with Gasteiger partial charge in [0.1, 0.15) is 0 Å². The van der Waals surface area contributed by atoms with Gasteiger partial charge in [-0.1, -0.05) is 31.0 Å². The van der Waals surface area contributed by atoms with Crippen LogP contribution in [0, 0.1) is 19.8 Å². The predicted octanol–water partition coefficient (Wildman–Crippen LogP) is 2.82. The summed E-state index contributed by atoms with van der Waals surface area (Å²) < 4.78 is 2.36. The smallest absolute Gasteiger partial charge is 0.233 e. The van der Waals surface area contributed by atoms with Crippen LogP contribution >= 0.6 is 11.8 Å². The summed E-state index contributed by atoms with van der Waals surface area (Å²) in [4.78, 5) is 30.6. The van der Waals surface area contributed by atoms with Crippen LogP contribution in [-0.2, 0) is 9.59 Å². The Morgan fingerprint density at radius 2 is 1.88 bits per heavy atom. The summed E-state index contributed by atoms with van der Waals surface area (Å²) in [5.74, 6) is -0.0521. The molecule has 2 amide bonds. The Labute approximate surface area is 159 Å². The van der Waals surface area contributed by atoms with Gasteiger partial charge in [-0.05, 0) is 39.5 Å². The van der Waals surface area contributed by atoms with Gasteiger partial charge in [-0.15, -0.1) is 0 Å². The largest absolute Gasteiger partial charge is 0.369 e. The molecule has 1 aliphatic heterocycles. The average molecular weight is 379 g/mol. The van der Waals surface area contributed by atoms with Crippen molar-refractivity contribution in [3.63, 3.8) is 0 Å². The molecule has 1 saturated heterocycles. The highest BCUT2D eigenvalue weighted by Crippen LogP contribution is 2.34. The minimum absolute atomic E-state index is 0.0782. The summed E-state index contributed by atoms with van der Waals surface area (Å²) in [6.45, 7) is 5.36. The van der Waals surface area contributed by atoms with E-state index in [1.165, 1.54) is 49.6 Å². The van der Waals surface area contributed by atoms with Gasteiger partial charge in [0.05, 0.1) is 17.4 Å². The maximum absolute atomic E-state index is 12.6. The fourth-order valence-electron chi connectivity index (χ4n) is 4.12. The van der Waals surface area contributed by atoms with Crippen LogP contribution < -0.4 is 5.73 Å². The van der Waals surface area contributed by atoms with Crippen molar-refractivity contribution in [1.29, 1.82) is 0 Å². The molecule has 1 aromatic heterocycles. The van der Waals surface area contributed by atoms with Crippen molar-refractivity contribution < 1.29 is 9.59 Å². The number of hydrogen-bond acceptors (Lipinski definition) is 4. The molecule has 1 saturated carbocycles. The number of likely N-dealkylation sites (tertiary alicyclic amines) is 1. The van der Waals surface area contributed by atoms with E-state index in [1.54, 1.807) is 4.90 Å². The highest BCUT2D eigenvalue weighted by atomic mass is 32.2. The van der Waals surface area contributed by atoms with Crippen molar-refractivity contribution in [3.8, 4) is 0 Å². The first-order valence-corrected chi connectivity index (χ1v) is 10.7. The second kappa shape index (κ2) is 8.46. The molecule has 0 aromatic carbocycles. The summed E-state index contributed by atoms with van der Waals surface area (Å²) >= 11 is 1.53. The van der Waals surface area contributed by atoms with Gasteiger partial charge in [0.2, 0.25) is 11.8 Å². The number of thioether (sulfide) groups is 1. The number of nitrogens with zero attached hydrogens (tertiary/aromatic N) is 3. The minimum Gasteiger partial charge on any atom is -0.369 e. The summed E-state index contributed by atoms with van der Waals surface area (Å²) in [5, 5.41) is 0.962. The monoisotopic (exact) mass is 378 g/mol. The van der Waals surface area contributed by atoms with Gasteiger partial charge < -0.3 is 15.2 Å². The molecule has 7 heteroatoms. The molecule has 144 valence electrons. The molecule has 0 spiro atoms. The summed E-state index contributed by atoms with van der Waals surface area (Å²) in [6.07, 6.45) is 7.89. The molecule has 1 atom stereocenters. The molecule has 1 unspecified atom stereocenters. The van der Waals surface area contributed by atoms with Gasteiger partial charge in [0.15, 0.2) is 5.16 Å². The van der Waals surface area contributed by atoms with Crippen LogP contribution in [0.1, 0.15) is 62.4 Å². The normalized spacial score (nSPS) is 21.8. The number of carbonyl (C=O) groups excluding carboxylic acids is 2. The van der Waals surface area contributed by atoms with E-state index in [0.29, 0.717) is 18.3 Å². The Kier molecular flexibility index (Phi) is 6.27. The van der Waals surface area contributed by atoms with Crippen molar-refractivity contribution in [2.24, 2.45) is 11.7 Å². The number of imidazole rings is 1. The Morgan fingerprint density at radius 3 is 2.58 bits per heavy atom. The molecule has 2 fully saturated rings. The Balaban J connectivity index is 1.65. The molecule has 2 aliphatic rings. The average Bonchev–Trinajstić information content (AvgIpc) is 2.94. The second-order valence-electron chi connectivity index (χ2n) is 7.60. The SMILES string of the molecule is Cc1nc(SCC(=O)N2CCCC(C(N)=O)C2)n(C2CCCCC2)c1C. The second-order valence-corrected chi connectivity index (χ2v) is 8.54. The number of hydrogen-bond donors (Lipinski definition) is 1. The van der Waals surface area contributed by atoms with E-state index < -0.39 is 0 Å². The van der Waals surface area contributed by atoms with Crippen LogP contribution in [0.25, 0.3) is 0 Å². The topological polar surface area (TPSA) is 81.2 Å². The zero-order valence-corrected chi connectivity index (χ0v) is 16.7. The molecule has 0 bridgehead atoms. The third-order valence-electron chi connectivity index (χ3n) is 5.80. The number of aromatic nitrogens is 2. The van der Waals surface area contributed by atoms with Crippen LogP contribution in [0.2, 0.25) is 0 Å². The Bertz CT molecular complexity index is 667. The van der Waals surface area contributed by atoms with Crippen LogP contribution in [-0.4, -0.2) is 45.1 Å². The molecule has 1 aromatic rings. The van der Waals surface area contributed by atoms with Gasteiger partial charge in [-0.2, -0.15) is 0 Å². The summed E-state index contributed by atoms with van der Waals surface area (Å²) in [6, 6.07) is 0.511. The first kappa shape index (κ1) is 19.3. The third-order valence-corrected chi connectivity index (χ3v) is 6.73. The number of piperidine rings is 1. The lowest BCUT2D eigenvalue weighted by atomic mass is 9.95.